The van der Waals surface area contributed by atoms with Gasteiger partial charge < -0.3 is 10.4 Å². The number of phenolic OH excluding ortho intramolecular Hbond substituents is 1. The van der Waals surface area contributed by atoms with Crippen molar-refractivity contribution in [1.29, 1.82) is 0 Å². The summed E-state index contributed by atoms with van der Waals surface area (Å²) in [4.78, 5) is 12.3. The van der Waals surface area contributed by atoms with E-state index in [0.717, 1.165) is 12.8 Å². The SMILES string of the molecule is O=C(Nc1cc(Cl)cc(Cl)c1O)C1CC2CCC1C2. The molecule has 1 amide bonds. The van der Waals surface area contributed by atoms with Gasteiger partial charge in [-0.05, 0) is 43.2 Å². The van der Waals surface area contributed by atoms with E-state index < -0.39 is 0 Å². The van der Waals surface area contributed by atoms with Crippen molar-refractivity contribution in [2.24, 2.45) is 17.8 Å². The van der Waals surface area contributed by atoms with Gasteiger partial charge in [-0.1, -0.05) is 29.6 Å². The monoisotopic (exact) mass is 299 g/mol. The molecule has 5 heteroatoms. The molecule has 3 unspecified atom stereocenters. The van der Waals surface area contributed by atoms with E-state index in [2.05, 4.69) is 5.32 Å². The molecule has 3 nitrogen and oxygen atoms in total. The summed E-state index contributed by atoms with van der Waals surface area (Å²) in [5.41, 5.74) is 0.297. The first-order chi connectivity index (χ1) is 9.04. The molecule has 0 spiro atoms. The molecule has 0 saturated heterocycles. The number of hydrogen-bond acceptors (Lipinski definition) is 2. The maximum Gasteiger partial charge on any atom is 0.227 e. The maximum atomic E-state index is 12.3. The Morgan fingerprint density at radius 3 is 2.68 bits per heavy atom. The topological polar surface area (TPSA) is 49.3 Å². The minimum atomic E-state index is -0.123. The van der Waals surface area contributed by atoms with E-state index in [4.69, 9.17) is 23.2 Å². The number of aromatic hydroxyl groups is 1. The summed E-state index contributed by atoms with van der Waals surface area (Å²) in [6, 6.07) is 2.97. The van der Waals surface area contributed by atoms with Crippen molar-refractivity contribution in [2.75, 3.05) is 5.32 Å². The lowest BCUT2D eigenvalue weighted by Gasteiger charge is -2.21. The second kappa shape index (κ2) is 4.88. The molecule has 1 aromatic carbocycles. The zero-order valence-corrected chi connectivity index (χ0v) is 11.8. The molecular formula is C14H15Cl2NO2. The quantitative estimate of drug-likeness (QED) is 0.809. The number of hydrogen-bond donors (Lipinski definition) is 2. The van der Waals surface area contributed by atoms with Crippen LogP contribution in [-0.4, -0.2) is 11.0 Å². The summed E-state index contributed by atoms with van der Waals surface area (Å²) < 4.78 is 0. The zero-order valence-electron chi connectivity index (χ0n) is 10.3. The van der Waals surface area contributed by atoms with Crippen molar-refractivity contribution in [3.63, 3.8) is 0 Å². The van der Waals surface area contributed by atoms with Gasteiger partial charge >= 0.3 is 0 Å². The van der Waals surface area contributed by atoms with E-state index in [9.17, 15) is 9.90 Å². The fourth-order valence-corrected chi connectivity index (χ4v) is 3.95. The van der Waals surface area contributed by atoms with E-state index in [-0.39, 0.29) is 22.6 Å². The van der Waals surface area contributed by atoms with Crippen LogP contribution in [0.1, 0.15) is 25.7 Å². The van der Waals surface area contributed by atoms with Crippen molar-refractivity contribution < 1.29 is 9.90 Å². The van der Waals surface area contributed by atoms with Gasteiger partial charge in [0.1, 0.15) is 0 Å². The minimum absolute atomic E-state index is 0.0270. The Bertz CT molecular complexity index is 532. The van der Waals surface area contributed by atoms with Crippen LogP contribution in [0.2, 0.25) is 10.0 Å². The Balaban J connectivity index is 1.76. The summed E-state index contributed by atoms with van der Waals surface area (Å²) in [7, 11) is 0. The Morgan fingerprint density at radius 2 is 2.05 bits per heavy atom. The molecule has 1 aromatic rings. The van der Waals surface area contributed by atoms with E-state index in [1.807, 2.05) is 0 Å². The van der Waals surface area contributed by atoms with Crippen LogP contribution >= 0.6 is 23.2 Å². The lowest BCUT2D eigenvalue weighted by molar-refractivity contribution is -0.121. The van der Waals surface area contributed by atoms with Crippen molar-refractivity contribution in [3.05, 3.63) is 22.2 Å². The first-order valence-corrected chi connectivity index (χ1v) is 7.29. The van der Waals surface area contributed by atoms with Gasteiger partial charge in [-0.25, -0.2) is 0 Å². The Kier molecular flexibility index (Phi) is 3.35. The van der Waals surface area contributed by atoms with Gasteiger partial charge in [0.2, 0.25) is 5.91 Å². The van der Waals surface area contributed by atoms with Crippen LogP contribution in [0.4, 0.5) is 5.69 Å². The predicted octanol–water partition coefficient (Wildman–Crippen LogP) is 4.07. The average molecular weight is 300 g/mol. The number of rotatable bonds is 2. The number of phenols is 1. The van der Waals surface area contributed by atoms with Gasteiger partial charge in [-0.2, -0.15) is 0 Å². The van der Waals surface area contributed by atoms with Gasteiger partial charge in [0, 0.05) is 10.9 Å². The molecule has 2 N–H and O–H groups in total. The van der Waals surface area contributed by atoms with Crippen molar-refractivity contribution >= 4 is 34.8 Å². The molecule has 0 heterocycles. The van der Waals surface area contributed by atoms with Gasteiger partial charge in [-0.15, -0.1) is 0 Å². The van der Waals surface area contributed by atoms with Crippen LogP contribution in [0, 0.1) is 17.8 Å². The third-order valence-electron chi connectivity index (χ3n) is 4.36. The molecule has 2 saturated carbocycles. The third-order valence-corrected chi connectivity index (χ3v) is 4.87. The minimum Gasteiger partial charge on any atom is -0.504 e. The molecule has 2 bridgehead atoms. The third kappa shape index (κ3) is 2.41. The zero-order chi connectivity index (χ0) is 13.6. The molecule has 2 aliphatic rings. The second-order valence-electron chi connectivity index (χ2n) is 5.55. The van der Waals surface area contributed by atoms with E-state index >= 15 is 0 Å². The maximum absolute atomic E-state index is 12.3. The van der Waals surface area contributed by atoms with Gasteiger partial charge in [-0.3, -0.25) is 4.79 Å². The van der Waals surface area contributed by atoms with Crippen molar-refractivity contribution in [2.45, 2.75) is 25.7 Å². The van der Waals surface area contributed by atoms with Crippen LogP contribution in [-0.2, 0) is 4.79 Å². The Morgan fingerprint density at radius 1 is 1.26 bits per heavy atom. The highest BCUT2D eigenvalue weighted by Gasteiger charge is 2.43. The van der Waals surface area contributed by atoms with Crippen LogP contribution in [0.15, 0.2) is 12.1 Å². The predicted molar refractivity (Wildman–Crippen MR) is 75.7 cm³/mol. The summed E-state index contributed by atoms with van der Waals surface area (Å²) in [5, 5.41) is 13.1. The summed E-state index contributed by atoms with van der Waals surface area (Å²) in [5.74, 6) is 1.12. The van der Waals surface area contributed by atoms with Crippen LogP contribution < -0.4 is 5.32 Å². The molecule has 0 aliphatic heterocycles. The smallest absolute Gasteiger partial charge is 0.227 e. The van der Waals surface area contributed by atoms with Gasteiger partial charge in [0.15, 0.2) is 5.75 Å². The average Bonchev–Trinajstić information content (AvgIpc) is 2.97. The summed E-state index contributed by atoms with van der Waals surface area (Å²) in [6.07, 6.45) is 4.53. The van der Waals surface area contributed by atoms with E-state index in [1.54, 1.807) is 0 Å². The number of carbonyl (C=O) groups excluding carboxylic acids is 1. The standard InChI is InChI=1S/C14H15Cl2NO2/c15-9-5-11(16)13(18)12(6-9)17-14(19)10-4-7-1-2-8(10)3-7/h5-8,10,18H,1-4H2,(H,17,19). The number of carbonyl (C=O) groups is 1. The number of nitrogens with one attached hydrogen (secondary N) is 1. The van der Waals surface area contributed by atoms with Crippen LogP contribution in [0.25, 0.3) is 0 Å². The van der Waals surface area contributed by atoms with Crippen LogP contribution in [0.3, 0.4) is 0 Å². The Hall–Kier alpha value is -0.930. The van der Waals surface area contributed by atoms with Gasteiger partial charge in [0.05, 0.1) is 10.7 Å². The molecule has 2 aliphatic carbocycles. The lowest BCUT2D eigenvalue weighted by Crippen LogP contribution is -2.27. The number of fused-ring (bicyclic) bond motifs is 2. The summed E-state index contributed by atoms with van der Waals surface area (Å²) in [6.45, 7) is 0. The molecular weight excluding hydrogens is 285 g/mol. The molecule has 3 rings (SSSR count). The molecule has 3 atom stereocenters. The van der Waals surface area contributed by atoms with E-state index in [0.29, 0.717) is 22.5 Å². The summed E-state index contributed by atoms with van der Waals surface area (Å²) >= 11 is 11.7. The fourth-order valence-electron chi connectivity index (χ4n) is 3.45. The van der Waals surface area contributed by atoms with Gasteiger partial charge in [0.25, 0.3) is 0 Å². The van der Waals surface area contributed by atoms with Crippen molar-refractivity contribution in [1.82, 2.24) is 0 Å². The Labute approximate surface area is 121 Å². The highest BCUT2D eigenvalue weighted by molar-refractivity contribution is 6.36. The number of amides is 1. The number of halogens is 2. The van der Waals surface area contributed by atoms with E-state index in [1.165, 1.54) is 25.0 Å². The normalized spacial score (nSPS) is 28.6. The van der Waals surface area contributed by atoms with Crippen LogP contribution in [0.5, 0.6) is 5.75 Å². The molecule has 19 heavy (non-hydrogen) atoms. The molecule has 0 aromatic heterocycles. The highest BCUT2D eigenvalue weighted by Crippen LogP contribution is 2.49. The molecule has 0 radical (unpaired) electrons. The highest BCUT2D eigenvalue weighted by atomic mass is 35.5. The number of benzene rings is 1. The largest absolute Gasteiger partial charge is 0.504 e. The molecule has 2 fully saturated rings. The molecule has 102 valence electrons. The first kappa shape index (κ1) is 13.1. The number of anilines is 1. The van der Waals surface area contributed by atoms with Crippen molar-refractivity contribution in [3.8, 4) is 5.75 Å². The first-order valence-electron chi connectivity index (χ1n) is 6.53. The second-order valence-corrected chi connectivity index (χ2v) is 6.40. The fraction of sp³-hybridized carbons (Fsp3) is 0.500. The lowest BCUT2D eigenvalue weighted by atomic mass is 9.88.